The molecule has 1 N–H and O–H groups in total. The Bertz CT molecular complexity index is 1110. The SMILES string of the molecule is CS(=O)(=O)c1ccc(CN2CCC3(CCN(CC4CNCC4c4ccccc4)CC3)C2=O)cc1. The van der Waals surface area contributed by atoms with Crippen LogP contribution in [0.5, 0.6) is 0 Å². The van der Waals surface area contributed by atoms with Gasteiger partial charge in [-0.1, -0.05) is 42.5 Å². The van der Waals surface area contributed by atoms with Crippen molar-refractivity contribution in [2.45, 2.75) is 36.6 Å². The van der Waals surface area contributed by atoms with Crippen molar-refractivity contribution in [1.29, 1.82) is 0 Å². The van der Waals surface area contributed by atoms with Gasteiger partial charge in [0.05, 0.1) is 10.3 Å². The molecule has 3 heterocycles. The van der Waals surface area contributed by atoms with Gasteiger partial charge < -0.3 is 15.1 Å². The van der Waals surface area contributed by atoms with E-state index < -0.39 is 9.84 Å². The number of rotatable bonds is 6. The fraction of sp³-hybridized carbons (Fsp3) is 0.519. The minimum Gasteiger partial charge on any atom is -0.338 e. The molecule has 7 heteroatoms. The minimum atomic E-state index is -3.20. The van der Waals surface area contributed by atoms with E-state index in [4.69, 9.17) is 0 Å². The van der Waals surface area contributed by atoms with E-state index in [1.54, 1.807) is 12.1 Å². The molecule has 2 atom stereocenters. The second-order valence-corrected chi connectivity index (χ2v) is 12.4. The lowest BCUT2D eigenvalue weighted by molar-refractivity contribution is -0.139. The average Bonchev–Trinajstić information content (AvgIpc) is 3.41. The Morgan fingerprint density at radius 2 is 1.62 bits per heavy atom. The van der Waals surface area contributed by atoms with Gasteiger partial charge in [0.1, 0.15) is 0 Å². The third-order valence-electron chi connectivity index (χ3n) is 8.20. The average molecular weight is 482 g/mol. The molecule has 2 aromatic carbocycles. The molecule has 0 bridgehead atoms. The van der Waals surface area contributed by atoms with Crippen LogP contribution in [0.4, 0.5) is 0 Å². The van der Waals surface area contributed by atoms with Gasteiger partial charge in [0.15, 0.2) is 9.84 Å². The normalized spacial score (nSPS) is 25.3. The summed E-state index contributed by atoms with van der Waals surface area (Å²) in [6.07, 6.45) is 4.02. The number of likely N-dealkylation sites (tertiary alicyclic amines) is 2. The Labute approximate surface area is 203 Å². The molecule has 1 amide bonds. The quantitative estimate of drug-likeness (QED) is 0.687. The van der Waals surface area contributed by atoms with Gasteiger partial charge in [-0.3, -0.25) is 4.79 Å². The summed E-state index contributed by atoms with van der Waals surface area (Å²) in [7, 11) is -3.20. The lowest BCUT2D eigenvalue weighted by Gasteiger charge is -2.39. The van der Waals surface area contributed by atoms with Gasteiger partial charge in [-0.2, -0.15) is 0 Å². The molecule has 1 spiro atoms. The van der Waals surface area contributed by atoms with Crippen molar-refractivity contribution in [2.75, 3.05) is 45.5 Å². The third-order valence-corrected chi connectivity index (χ3v) is 9.33. The van der Waals surface area contributed by atoms with Crippen LogP contribution in [0.2, 0.25) is 0 Å². The van der Waals surface area contributed by atoms with E-state index in [0.29, 0.717) is 23.3 Å². The predicted octanol–water partition coefficient (Wildman–Crippen LogP) is 2.91. The third kappa shape index (κ3) is 4.79. The van der Waals surface area contributed by atoms with Crippen LogP contribution < -0.4 is 5.32 Å². The molecule has 5 rings (SSSR count). The number of nitrogens with one attached hydrogen (secondary N) is 1. The van der Waals surface area contributed by atoms with Crippen LogP contribution >= 0.6 is 0 Å². The van der Waals surface area contributed by atoms with Crippen molar-refractivity contribution < 1.29 is 13.2 Å². The molecule has 2 aromatic rings. The highest BCUT2D eigenvalue weighted by Crippen LogP contribution is 2.42. The van der Waals surface area contributed by atoms with Crippen molar-refractivity contribution in [1.82, 2.24) is 15.1 Å². The number of nitrogens with zero attached hydrogens (tertiary/aromatic N) is 2. The van der Waals surface area contributed by atoms with Crippen LogP contribution in [0.15, 0.2) is 59.5 Å². The number of hydrogen-bond donors (Lipinski definition) is 1. The highest BCUT2D eigenvalue weighted by Gasteiger charge is 2.48. The highest BCUT2D eigenvalue weighted by molar-refractivity contribution is 7.90. The van der Waals surface area contributed by atoms with E-state index in [0.717, 1.165) is 64.1 Å². The lowest BCUT2D eigenvalue weighted by Crippen LogP contribution is -2.46. The zero-order valence-electron chi connectivity index (χ0n) is 19.9. The molecule has 182 valence electrons. The monoisotopic (exact) mass is 481 g/mol. The van der Waals surface area contributed by atoms with Crippen LogP contribution in [0.25, 0.3) is 0 Å². The van der Waals surface area contributed by atoms with Crippen molar-refractivity contribution in [3.05, 3.63) is 65.7 Å². The maximum Gasteiger partial charge on any atom is 0.229 e. The number of carbonyl (C=O) groups is 1. The summed E-state index contributed by atoms with van der Waals surface area (Å²) in [6, 6.07) is 17.8. The molecule has 0 saturated carbocycles. The van der Waals surface area contributed by atoms with Gasteiger partial charge in [-0.15, -0.1) is 0 Å². The molecule has 3 aliphatic heterocycles. The molecule has 2 unspecified atom stereocenters. The van der Waals surface area contributed by atoms with Crippen molar-refractivity contribution in [3.63, 3.8) is 0 Å². The minimum absolute atomic E-state index is 0.212. The molecule has 0 radical (unpaired) electrons. The maximum atomic E-state index is 13.4. The number of carbonyl (C=O) groups excluding carboxylic acids is 1. The Morgan fingerprint density at radius 3 is 2.29 bits per heavy atom. The van der Waals surface area contributed by atoms with Crippen molar-refractivity contribution in [3.8, 4) is 0 Å². The molecular weight excluding hydrogens is 446 g/mol. The van der Waals surface area contributed by atoms with E-state index in [1.807, 2.05) is 17.0 Å². The Hall–Kier alpha value is -2.22. The Kier molecular flexibility index (Phi) is 6.53. The number of amides is 1. The molecule has 0 aromatic heterocycles. The van der Waals surface area contributed by atoms with Gasteiger partial charge >= 0.3 is 0 Å². The number of benzene rings is 2. The summed E-state index contributed by atoms with van der Waals surface area (Å²) < 4.78 is 23.4. The lowest BCUT2D eigenvalue weighted by atomic mass is 9.76. The molecule has 3 aliphatic rings. The summed E-state index contributed by atoms with van der Waals surface area (Å²) in [6.45, 7) is 6.52. The summed E-state index contributed by atoms with van der Waals surface area (Å²) in [5.41, 5.74) is 2.20. The topological polar surface area (TPSA) is 69.7 Å². The Morgan fingerprint density at radius 1 is 0.941 bits per heavy atom. The molecule has 0 aliphatic carbocycles. The summed E-state index contributed by atoms with van der Waals surface area (Å²) in [5, 5.41) is 3.59. The zero-order valence-corrected chi connectivity index (χ0v) is 20.8. The summed E-state index contributed by atoms with van der Waals surface area (Å²) >= 11 is 0. The number of hydrogen-bond acceptors (Lipinski definition) is 5. The van der Waals surface area contributed by atoms with Gasteiger partial charge in [0.2, 0.25) is 5.91 Å². The van der Waals surface area contributed by atoms with Crippen LogP contribution in [-0.2, 0) is 21.2 Å². The first-order valence-electron chi connectivity index (χ1n) is 12.4. The van der Waals surface area contributed by atoms with Gasteiger partial charge in [-0.05, 0) is 68.1 Å². The van der Waals surface area contributed by atoms with Crippen LogP contribution in [0.1, 0.15) is 36.3 Å². The largest absolute Gasteiger partial charge is 0.338 e. The fourth-order valence-corrected chi connectivity index (χ4v) is 6.71. The first kappa shape index (κ1) is 23.5. The van der Waals surface area contributed by atoms with Gasteiger partial charge in [0, 0.05) is 38.4 Å². The first-order valence-corrected chi connectivity index (χ1v) is 14.3. The van der Waals surface area contributed by atoms with Crippen LogP contribution in [0, 0.1) is 11.3 Å². The van der Waals surface area contributed by atoms with E-state index in [1.165, 1.54) is 11.8 Å². The van der Waals surface area contributed by atoms with Crippen molar-refractivity contribution in [2.24, 2.45) is 11.3 Å². The molecule has 3 saturated heterocycles. The summed E-state index contributed by atoms with van der Waals surface area (Å²) in [5.74, 6) is 1.46. The Balaban J connectivity index is 1.16. The number of sulfone groups is 1. The molecule has 34 heavy (non-hydrogen) atoms. The molecule has 3 fully saturated rings. The zero-order chi connectivity index (χ0) is 23.8. The molecular formula is C27H35N3O3S. The second kappa shape index (κ2) is 9.44. The summed E-state index contributed by atoms with van der Waals surface area (Å²) in [4.78, 5) is 18.3. The van der Waals surface area contributed by atoms with Crippen LogP contribution in [-0.4, -0.2) is 69.6 Å². The highest BCUT2D eigenvalue weighted by atomic mass is 32.2. The van der Waals surface area contributed by atoms with E-state index in [-0.39, 0.29) is 11.3 Å². The van der Waals surface area contributed by atoms with E-state index in [2.05, 4.69) is 40.5 Å². The van der Waals surface area contributed by atoms with Crippen LogP contribution in [0.3, 0.4) is 0 Å². The fourth-order valence-electron chi connectivity index (χ4n) is 6.08. The molecule has 6 nitrogen and oxygen atoms in total. The smallest absolute Gasteiger partial charge is 0.229 e. The maximum absolute atomic E-state index is 13.4. The number of piperidine rings is 1. The predicted molar refractivity (Wildman–Crippen MR) is 133 cm³/mol. The second-order valence-electron chi connectivity index (χ2n) is 10.4. The van der Waals surface area contributed by atoms with E-state index in [9.17, 15) is 13.2 Å². The first-order chi connectivity index (χ1) is 16.3. The van der Waals surface area contributed by atoms with Gasteiger partial charge in [0.25, 0.3) is 0 Å². The van der Waals surface area contributed by atoms with E-state index >= 15 is 0 Å². The van der Waals surface area contributed by atoms with Gasteiger partial charge in [-0.25, -0.2) is 8.42 Å². The standard InChI is InChI=1S/C27H35N3O3S/c1-34(32,33)24-9-7-21(8-10-24)19-30-16-13-27(26(30)31)11-14-29(15-12-27)20-23-17-28-18-25(23)22-5-3-2-4-6-22/h2-10,23,25,28H,11-20H2,1H3. The van der Waals surface area contributed by atoms with Crippen molar-refractivity contribution >= 4 is 15.7 Å².